The van der Waals surface area contributed by atoms with Gasteiger partial charge < -0.3 is 10.1 Å². The summed E-state index contributed by atoms with van der Waals surface area (Å²) in [5, 5.41) is 2.44. The minimum absolute atomic E-state index is 0.0220. The van der Waals surface area contributed by atoms with Gasteiger partial charge in [-0.15, -0.1) is 0 Å². The molecule has 0 aromatic heterocycles. The highest BCUT2D eigenvalue weighted by atomic mass is 19.1. The smallest absolute Gasteiger partial charge is 0.329 e. The number of rotatable bonds is 7. The Labute approximate surface area is 179 Å². The summed E-state index contributed by atoms with van der Waals surface area (Å²) in [5.74, 6) is -3.15. The van der Waals surface area contributed by atoms with Crippen molar-refractivity contribution in [1.82, 2.24) is 4.90 Å². The molecule has 162 valence electrons. The van der Waals surface area contributed by atoms with Gasteiger partial charge >= 0.3 is 5.97 Å². The lowest BCUT2D eigenvalue weighted by molar-refractivity contribution is -0.151. The van der Waals surface area contributed by atoms with Crippen LogP contribution in [0.15, 0.2) is 42.5 Å². The number of hydrogen-bond acceptors (Lipinski definition) is 5. The minimum Gasteiger partial charge on any atom is -0.454 e. The van der Waals surface area contributed by atoms with Crippen LogP contribution in [0.4, 0.5) is 10.1 Å². The van der Waals surface area contributed by atoms with Gasteiger partial charge in [-0.25, -0.2) is 9.18 Å². The topological polar surface area (TPSA) is 92.8 Å². The maximum atomic E-state index is 13.6. The Bertz CT molecular complexity index is 1020. The molecule has 0 saturated heterocycles. The average Bonchev–Trinajstić information content (AvgIpc) is 2.98. The second-order valence-electron chi connectivity index (χ2n) is 7.79. The fourth-order valence-electron chi connectivity index (χ4n) is 3.35. The zero-order valence-electron chi connectivity index (χ0n) is 17.5. The van der Waals surface area contributed by atoms with Gasteiger partial charge in [-0.2, -0.15) is 0 Å². The van der Waals surface area contributed by atoms with Crippen LogP contribution < -0.4 is 5.32 Å². The molecule has 1 atom stereocenters. The molecule has 0 aliphatic carbocycles. The largest absolute Gasteiger partial charge is 0.454 e. The Morgan fingerprint density at radius 3 is 2.23 bits per heavy atom. The van der Waals surface area contributed by atoms with Crippen molar-refractivity contribution in [3.05, 3.63) is 65.0 Å². The second kappa shape index (κ2) is 9.07. The van der Waals surface area contributed by atoms with Gasteiger partial charge in [0.1, 0.15) is 11.9 Å². The van der Waals surface area contributed by atoms with E-state index in [1.165, 1.54) is 24.3 Å². The molecule has 0 bridgehead atoms. The molecule has 0 spiro atoms. The number of esters is 1. The van der Waals surface area contributed by atoms with Gasteiger partial charge in [-0.3, -0.25) is 19.3 Å². The van der Waals surface area contributed by atoms with Crippen molar-refractivity contribution in [3.8, 4) is 0 Å². The number of imide groups is 1. The van der Waals surface area contributed by atoms with Crippen LogP contribution in [0.2, 0.25) is 0 Å². The lowest BCUT2D eigenvalue weighted by atomic mass is 10.0. The summed E-state index contributed by atoms with van der Waals surface area (Å²) in [5.41, 5.74) is 1.12. The number of aryl methyl sites for hydroxylation is 1. The van der Waals surface area contributed by atoms with Crippen LogP contribution >= 0.6 is 0 Å². The molecule has 3 amide bonds. The molecule has 1 heterocycles. The number of nitrogens with zero attached hydrogens (tertiary/aromatic N) is 1. The molecule has 2 aromatic rings. The van der Waals surface area contributed by atoms with E-state index in [1.54, 1.807) is 19.1 Å². The monoisotopic (exact) mass is 426 g/mol. The van der Waals surface area contributed by atoms with E-state index in [1.807, 2.05) is 13.8 Å². The van der Waals surface area contributed by atoms with Crippen LogP contribution in [-0.4, -0.2) is 41.2 Å². The number of amides is 3. The van der Waals surface area contributed by atoms with Crippen molar-refractivity contribution < 1.29 is 28.3 Å². The van der Waals surface area contributed by atoms with Gasteiger partial charge in [-0.1, -0.05) is 32.0 Å². The average molecular weight is 426 g/mol. The summed E-state index contributed by atoms with van der Waals surface area (Å²) in [6.07, 6.45) is 0.190. The van der Waals surface area contributed by atoms with E-state index in [2.05, 4.69) is 5.32 Å². The lowest BCUT2D eigenvalue weighted by Gasteiger charge is -2.25. The molecule has 1 aliphatic heterocycles. The Morgan fingerprint density at radius 2 is 1.68 bits per heavy atom. The molecule has 3 rings (SSSR count). The number of carbonyl (C=O) groups is 4. The van der Waals surface area contributed by atoms with Crippen LogP contribution in [0, 0.1) is 18.7 Å². The highest BCUT2D eigenvalue weighted by Crippen LogP contribution is 2.27. The number of benzene rings is 2. The zero-order chi connectivity index (χ0) is 22.7. The molecule has 1 N–H and O–H groups in total. The summed E-state index contributed by atoms with van der Waals surface area (Å²) < 4.78 is 18.7. The summed E-state index contributed by atoms with van der Waals surface area (Å²) in [6.45, 7) is 4.65. The van der Waals surface area contributed by atoms with E-state index in [0.29, 0.717) is 5.56 Å². The van der Waals surface area contributed by atoms with E-state index in [4.69, 9.17) is 4.74 Å². The van der Waals surface area contributed by atoms with Gasteiger partial charge in [0, 0.05) is 5.69 Å². The molecule has 0 unspecified atom stereocenters. The third-order valence-electron chi connectivity index (χ3n) is 4.91. The highest BCUT2D eigenvalue weighted by Gasteiger charge is 2.43. The van der Waals surface area contributed by atoms with Crippen molar-refractivity contribution in [2.24, 2.45) is 5.92 Å². The predicted octanol–water partition coefficient (Wildman–Crippen LogP) is 3.33. The van der Waals surface area contributed by atoms with E-state index >= 15 is 0 Å². The zero-order valence-corrected chi connectivity index (χ0v) is 17.5. The Kier molecular flexibility index (Phi) is 6.48. The molecular formula is C23H23FN2O5. The van der Waals surface area contributed by atoms with Crippen LogP contribution in [0.25, 0.3) is 0 Å². The molecule has 31 heavy (non-hydrogen) atoms. The summed E-state index contributed by atoms with van der Waals surface area (Å²) in [7, 11) is 0. The number of halogens is 1. The van der Waals surface area contributed by atoms with Gasteiger partial charge in [0.2, 0.25) is 0 Å². The third-order valence-corrected chi connectivity index (χ3v) is 4.91. The van der Waals surface area contributed by atoms with Gasteiger partial charge in [0.05, 0.1) is 11.1 Å². The molecule has 7 nitrogen and oxygen atoms in total. The van der Waals surface area contributed by atoms with Crippen molar-refractivity contribution in [2.45, 2.75) is 33.2 Å². The van der Waals surface area contributed by atoms with E-state index < -0.39 is 42.2 Å². The van der Waals surface area contributed by atoms with E-state index in [-0.39, 0.29) is 29.2 Å². The van der Waals surface area contributed by atoms with E-state index in [9.17, 15) is 23.6 Å². The first-order valence-electron chi connectivity index (χ1n) is 9.88. The van der Waals surface area contributed by atoms with Gasteiger partial charge in [0.15, 0.2) is 6.61 Å². The fourth-order valence-corrected chi connectivity index (χ4v) is 3.35. The summed E-state index contributed by atoms with van der Waals surface area (Å²) >= 11 is 0. The van der Waals surface area contributed by atoms with Crippen molar-refractivity contribution >= 4 is 29.4 Å². The van der Waals surface area contributed by atoms with Crippen LogP contribution in [0.3, 0.4) is 0 Å². The van der Waals surface area contributed by atoms with Gasteiger partial charge in [0.25, 0.3) is 17.7 Å². The SMILES string of the molecule is Cc1ccc(NC(=O)COC(=O)[C@H](CC(C)C)N2C(=O)c3ccccc3C2=O)cc1F. The molecule has 0 radical (unpaired) electrons. The van der Waals surface area contributed by atoms with Gasteiger partial charge in [-0.05, 0) is 49.1 Å². The molecular weight excluding hydrogens is 403 g/mol. The number of anilines is 1. The Hall–Kier alpha value is -3.55. The number of ether oxygens (including phenoxy) is 1. The van der Waals surface area contributed by atoms with Crippen LogP contribution in [0.1, 0.15) is 46.5 Å². The first kappa shape index (κ1) is 22.1. The lowest BCUT2D eigenvalue weighted by Crippen LogP contribution is -2.46. The molecule has 8 heteroatoms. The molecule has 0 saturated carbocycles. The van der Waals surface area contributed by atoms with Crippen molar-refractivity contribution in [3.63, 3.8) is 0 Å². The Balaban J connectivity index is 1.69. The van der Waals surface area contributed by atoms with Crippen LogP contribution in [-0.2, 0) is 14.3 Å². The molecule has 1 aliphatic rings. The Morgan fingerprint density at radius 1 is 1.06 bits per heavy atom. The van der Waals surface area contributed by atoms with E-state index in [0.717, 1.165) is 11.0 Å². The standard InChI is InChI=1S/C23H23FN2O5/c1-13(2)10-19(26-21(28)16-6-4-5-7-17(16)22(26)29)23(30)31-12-20(27)25-15-9-8-14(3)18(24)11-15/h4-9,11,13,19H,10,12H2,1-3H3,(H,25,27)/t19-/m0/s1. The first-order chi connectivity index (χ1) is 14.7. The van der Waals surface area contributed by atoms with Crippen molar-refractivity contribution in [2.75, 3.05) is 11.9 Å². The summed E-state index contributed by atoms with van der Waals surface area (Å²) in [4.78, 5) is 51.3. The van der Waals surface area contributed by atoms with Crippen LogP contribution in [0.5, 0.6) is 0 Å². The number of carbonyl (C=O) groups excluding carboxylic acids is 4. The molecule has 2 aromatic carbocycles. The number of hydrogen-bond donors (Lipinski definition) is 1. The highest BCUT2D eigenvalue weighted by molar-refractivity contribution is 6.22. The third kappa shape index (κ3) is 4.79. The normalized spacial score (nSPS) is 13.9. The molecule has 0 fully saturated rings. The summed E-state index contributed by atoms with van der Waals surface area (Å²) in [6, 6.07) is 9.38. The minimum atomic E-state index is -1.16. The maximum Gasteiger partial charge on any atom is 0.329 e. The maximum absolute atomic E-state index is 13.6. The van der Waals surface area contributed by atoms with Crippen molar-refractivity contribution in [1.29, 1.82) is 0 Å². The first-order valence-corrected chi connectivity index (χ1v) is 9.88. The predicted molar refractivity (Wildman–Crippen MR) is 111 cm³/mol. The quantitative estimate of drug-likeness (QED) is 0.542. The number of nitrogens with one attached hydrogen (secondary N) is 1. The number of fused-ring (bicyclic) bond motifs is 1. The second-order valence-corrected chi connectivity index (χ2v) is 7.79. The fraction of sp³-hybridized carbons (Fsp3) is 0.304.